The number of nitrogens with two attached hydrogens (primary N) is 1. The number of ether oxygens (including phenoxy) is 2. The summed E-state index contributed by atoms with van der Waals surface area (Å²) in [7, 11) is 0. The van der Waals surface area contributed by atoms with Crippen LogP contribution in [0.5, 0.6) is 11.5 Å². The molecule has 0 bridgehead atoms. The minimum Gasteiger partial charge on any atom is -0.457 e. The van der Waals surface area contributed by atoms with Crippen molar-refractivity contribution >= 4 is 22.7 Å². The van der Waals surface area contributed by atoms with Gasteiger partial charge in [-0.1, -0.05) is 6.07 Å². The van der Waals surface area contributed by atoms with Crippen LogP contribution in [-0.2, 0) is 19.5 Å². The highest BCUT2D eigenvalue weighted by Crippen LogP contribution is 2.33. The van der Waals surface area contributed by atoms with Crippen LogP contribution in [0.3, 0.4) is 0 Å². The van der Waals surface area contributed by atoms with Gasteiger partial charge in [-0.25, -0.2) is 8.78 Å². The van der Waals surface area contributed by atoms with E-state index in [0.717, 1.165) is 50.3 Å². The van der Waals surface area contributed by atoms with Crippen molar-refractivity contribution in [1.82, 2.24) is 9.80 Å². The molecule has 41 heavy (non-hydrogen) atoms. The zero-order valence-electron chi connectivity index (χ0n) is 22.3. The number of ketones is 1. The SMILES string of the molecule is NC(=O)c1oc2c(F)cc(F)cc2c1CCCC(=O)c1ccc(CN2CCN(Cc3ccc4c(c3)OCO4)CC2)o1. The van der Waals surface area contributed by atoms with Gasteiger partial charge in [-0.15, -0.1) is 0 Å². The van der Waals surface area contributed by atoms with Crippen molar-refractivity contribution in [3.63, 3.8) is 0 Å². The molecule has 4 heterocycles. The zero-order chi connectivity index (χ0) is 28.5. The Morgan fingerprint density at radius 1 is 0.878 bits per heavy atom. The van der Waals surface area contributed by atoms with E-state index in [1.165, 1.54) is 5.56 Å². The number of furan rings is 2. The van der Waals surface area contributed by atoms with Crippen molar-refractivity contribution in [3.8, 4) is 11.5 Å². The summed E-state index contributed by atoms with van der Waals surface area (Å²) >= 11 is 0. The molecule has 0 radical (unpaired) electrons. The molecule has 11 heteroatoms. The van der Waals surface area contributed by atoms with Crippen LogP contribution in [-0.4, -0.2) is 54.5 Å². The van der Waals surface area contributed by atoms with Crippen molar-refractivity contribution in [2.24, 2.45) is 5.73 Å². The molecule has 2 N–H and O–H groups in total. The van der Waals surface area contributed by atoms with Crippen molar-refractivity contribution < 1.29 is 36.7 Å². The Morgan fingerprint density at radius 3 is 2.41 bits per heavy atom. The highest BCUT2D eigenvalue weighted by atomic mass is 19.1. The Kier molecular flexibility index (Phi) is 7.46. The monoisotopic (exact) mass is 565 g/mol. The van der Waals surface area contributed by atoms with Gasteiger partial charge in [0.1, 0.15) is 11.6 Å². The Bertz CT molecular complexity index is 1610. The fourth-order valence-electron chi connectivity index (χ4n) is 5.41. The highest BCUT2D eigenvalue weighted by molar-refractivity contribution is 5.98. The molecule has 2 aromatic heterocycles. The zero-order valence-corrected chi connectivity index (χ0v) is 22.3. The average Bonchev–Trinajstić information content (AvgIpc) is 3.69. The summed E-state index contributed by atoms with van der Waals surface area (Å²) in [5.74, 6) is -0.480. The lowest BCUT2D eigenvalue weighted by molar-refractivity contribution is 0.0941. The molecule has 0 unspecified atom stereocenters. The Morgan fingerprint density at radius 2 is 1.63 bits per heavy atom. The molecule has 214 valence electrons. The molecule has 0 spiro atoms. The quantitative estimate of drug-likeness (QED) is 0.277. The molecule has 2 aliphatic rings. The molecular formula is C30H29F2N3O6. The van der Waals surface area contributed by atoms with E-state index in [-0.39, 0.29) is 53.5 Å². The lowest BCUT2D eigenvalue weighted by atomic mass is 10.0. The third-order valence-electron chi connectivity index (χ3n) is 7.49. The number of piperazine rings is 1. The van der Waals surface area contributed by atoms with E-state index in [0.29, 0.717) is 24.8 Å². The molecular weight excluding hydrogens is 536 g/mol. The van der Waals surface area contributed by atoms with Crippen LogP contribution in [0.4, 0.5) is 8.78 Å². The third kappa shape index (κ3) is 5.82. The molecule has 4 aromatic rings. The van der Waals surface area contributed by atoms with Crippen molar-refractivity contribution in [3.05, 3.63) is 82.5 Å². The summed E-state index contributed by atoms with van der Waals surface area (Å²) in [6.07, 6.45) is 0.616. The number of carbonyl (C=O) groups is 2. The highest BCUT2D eigenvalue weighted by Gasteiger charge is 2.23. The number of carbonyl (C=O) groups excluding carboxylic acids is 2. The van der Waals surface area contributed by atoms with Gasteiger partial charge in [0.15, 0.2) is 40.2 Å². The van der Waals surface area contributed by atoms with Gasteiger partial charge in [0.2, 0.25) is 6.79 Å². The fraction of sp³-hybridized carbons (Fsp3) is 0.333. The fourth-order valence-corrected chi connectivity index (χ4v) is 5.41. The van der Waals surface area contributed by atoms with Crippen LogP contribution in [0.15, 0.2) is 51.3 Å². The van der Waals surface area contributed by atoms with E-state index < -0.39 is 17.5 Å². The largest absolute Gasteiger partial charge is 0.457 e. The predicted octanol–water partition coefficient (Wildman–Crippen LogP) is 4.66. The number of hydrogen-bond acceptors (Lipinski definition) is 8. The minimum absolute atomic E-state index is 0.119. The first-order valence-electron chi connectivity index (χ1n) is 13.5. The number of benzene rings is 2. The molecule has 0 saturated carbocycles. The Labute approximate surface area is 234 Å². The number of halogens is 2. The summed E-state index contributed by atoms with van der Waals surface area (Å²) in [4.78, 5) is 29.3. The topological polar surface area (TPSA) is 111 Å². The number of aryl methyl sites for hydroxylation is 1. The third-order valence-corrected chi connectivity index (χ3v) is 7.49. The summed E-state index contributed by atoms with van der Waals surface area (Å²) in [5.41, 5.74) is 6.62. The van der Waals surface area contributed by atoms with Crippen LogP contribution in [0, 0.1) is 11.6 Å². The van der Waals surface area contributed by atoms with Crippen LogP contribution in [0.25, 0.3) is 11.0 Å². The number of primary amides is 1. The number of nitrogens with zero attached hydrogens (tertiary/aromatic N) is 2. The second-order valence-electron chi connectivity index (χ2n) is 10.3. The number of hydrogen-bond donors (Lipinski definition) is 1. The van der Waals surface area contributed by atoms with Gasteiger partial charge in [-0.05, 0) is 48.7 Å². The lowest BCUT2D eigenvalue weighted by Gasteiger charge is -2.34. The molecule has 1 amide bonds. The normalized spacial score (nSPS) is 15.6. The molecule has 0 atom stereocenters. The van der Waals surface area contributed by atoms with Gasteiger partial charge in [-0.3, -0.25) is 19.4 Å². The molecule has 9 nitrogen and oxygen atoms in total. The van der Waals surface area contributed by atoms with E-state index in [1.54, 1.807) is 6.07 Å². The number of amides is 1. The number of fused-ring (bicyclic) bond motifs is 2. The van der Waals surface area contributed by atoms with Gasteiger partial charge in [0.25, 0.3) is 5.91 Å². The van der Waals surface area contributed by atoms with Crippen LogP contribution in [0.1, 0.15) is 50.8 Å². The predicted molar refractivity (Wildman–Crippen MR) is 144 cm³/mol. The first-order valence-corrected chi connectivity index (χ1v) is 13.5. The van der Waals surface area contributed by atoms with Gasteiger partial charge < -0.3 is 24.0 Å². The maximum atomic E-state index is 14.1. The molecule has 1 fully saturated rings. The van der Waals surface area contributed by atoms with Crippen molar-refractivity contribution in [2.75, 3.05) is 33.0 Å². The smallest absolute Gasteiger partial charge is 0.284 e. The van der Waals surface area contributed by atoms with E-state index in [1.807, 2.05) is 18.2 Å². The Balaban J connectivity index is 0.995. The van der Waals surface area contributed by atoms with E-state index in [4.69, 9.17) is 24.0 Å². The molecule has 0 aliphatic carbocycles. The van der Waals surface area contributed by atoms with Crippen molar-refractivity contribution in [1.29, 1.82) is 0 Å². The van der Waals surface area contributed by atoms with Crippen molar-refractivity contribution in [2.45, 2.75) is 32.4 Å². The maximum Gasteiger partial charge on any atom is 0.284 e. The molecule has 1 saturated heterocycles. The van der Waals surface area contributed by atoms with Gasteiger partial charge >= 0.3 is 0 Å². The molecule has 2 aliphatic heterocycles. The average molecular weight is 566 g/mol. The van der Waals surface area contributed by atoms with E-state index >= 15 is 0 Å². The van der Waals surface area contributed by atoms with Gasteiger partial charge in [-0.2, -0.15) is 0 Å². The molecule has 6 rings (SSSR count). The van der Waals surface area contributed by atoms with E-state index in [9.17, 15) is 18.4 Å². The van der Waals surface area contributed by atoms with Gasteiger partial charge in [0.05, 0.1) is 6.54 Å². The summed E-state index contributed by atoms with van der Waals surface area (Å²) < 4.78 is 49.9. The first kappa shape index (κ1) is 27.0. The maximum absolute atomic E-state index is 14.1. The minimum atomic E-state index is -0.918. The first-order chi connectivity index (χ1) is 19.8. The second-order valence-corrected chi connectivity index (χ2v) is 10.3. The van der Waals surface area contributed by atoms with Crippen LogP contribution in [0.2, 0.25) is 0 Å². The second kappa shape index (κ2) is 11.3. The van der Waals surface area contributed by atoms with Crippen LogP contribution < -0.4 is 15.2 Å². The summed E-state index contributed by atoms with van der Waals surface area (Å²) in [6, 6.07) is 11.3. The Hall–Kier alpha value is -4.22. The number of rotatable bonds is 10. The van der Waals surface area contributed by atoms with E-state index in [2.05, 4.69) is 15.9 Å². The summed E-state index contributed by atoms with van der Waals surface area (Å²) in [5, 5.41) is 0.139. The summed E-state index contributed by atoms with van der Waals surface area (Å²) in [6.45, 7) is 5.26. The van der Waals surface area contributed by atoms with Crippen LogP contribution >= 0.6 is 0 Å². The lowest BCUT2D eigenvalue weighted by Crippen LogP contribution is -2.45. The standard InChI is InChI=1S/C30H29F2N3O6/c31-19-13-22-21(29(30(33)37)41-28(22)23(32)14-19)2-1-3-24(36)25-7-5-20(40-25)16-35-10-8-34(9-11-35)15-18-4-6-26-27(12-18)39-17-38-26/h4-7,12-14H,1-3,8-11,15-17H2,(H2,33,37). The number of Topliss-reactive ketones (excluding diaryl/α,β-unsaturated/α-hetero) is 1. The van der Waals surface area contributed by atoms with Gasteiger partial charge in [0, 0.05) is 56.2 Å². The molecule has 2 aromatic carbocycles.